The number of nitrogens with one attached hydrogen (secondary N) is 1. The maximum absolute atomic E-state index is 5.63. The summed E-state index contributed by atoms with van der Waals surface area (Å²) in [5, 5.41) is 3.49. The number of rotatable bonds is 8. The van der Waals surface area contributed by atoms with Crippen molar-refractivity contribution in [3.05, 3.63) is 0 Å². The number of guanidine groups is 1. The molecule has 1 saturated carbocycles. The van der Waals surface area contributed by atoms with Crippen LogP contribution in [0.5, 0.6) is 0 Å². The van der Waals surface area contributed by atoms with Gasteiger partial charge < -0.3 is 19.7 Å². The summed E-state index contributed by atoms with van der Waals surface area (Å²) in [6.07, 6.45) is 5.32. The monoisotopic (exact) mass is 411 g/mol. The molecule has 21 heavy (non-hydrogen) atoms. The van der Waals surface area contributed by atoms with Gasteiger partial charge in [-0.3, -0.25) is 4.99 Å². The Morgan fingerprint density at radius 2 is 2.05 bits per heavy atom. The fourth-order valence-electron chi connectivity index (χ4n) is 2.68. The van der Waals surface area contributed by atoms with Crippen molar-refractivity contribution < 1.29 is 9.47 Å². The zero-order valence-electron chi connectivity index (χ0n) is 13.3. The Labute approximate surface area is 145 Å². The Hall–Kier alpha value is -0.0800. The highest BCUT2D eigenvalue weighted by Crippen LogP contribution is 2.31. The lowest BCUT2D eigenvalue weighted by Gasteiger charge is -2.21. The smallest absolute Gasteiger partial charge is 0.193 e. The minimum Gasteiger partial charge on any atom is -0.382 e. The zero-order chi connectivity index (χ0) is 14.2. The lowest BCUT2D eigenvalue weighted by Crippen LogP contribution is -2.40. The van der Waals surface area contributed by atoms with Crippen LogP contribution in [-0.2, 0) is 9.47 Å². The predicted octanol–water partition coefficient (Wildman–Crippen LogP) is 1.96. The molecule has 5 nitrogen and oxygen atoms in total. The van der Waals surface area contributed by atoms with Gasteiger partial charge in [0.15, 0.2) is 5.96 Å². The molecule has 1 unspecified atom stereocenters. The van der Waals surface area contributed by atoms with E-state index in [2.05, 4.69) is 15.2 Å². The third kappa shape index (κ3) is 7.15. The van der Waals surface area contributed by atoms with Gasteiger partial charge in [-0.25, -0.2) is 0 Å². The van der Waals surface area contributed by atoms with Crippen molar-refractivity contribution >= 4 is 29.9 Å². The Morgan fingerprint density at radius 1 is 1.24 bits per heavy atom. The molecule has 0 spiro atoms. The van der Waals surface area contributed by atoms with Crippen molar-refractivity contribution in [2.75, 3.05) is 53.6 Å². The van der Waals surface area contributed by atoms with Crippen molar-refractivity contribution in [2.24, 2.45) is 16.8 Å². The van der Waals surface area contributed by atoms with Crippen LogP contribution in [-0.4, -0.2) is 64.5 Å². The summed E-state index contributed by atoms with van der Waals surface area (Å²) in [4.78, 5) is 6.76. The zero-order valence-corrected chi connectivity index (χ0v) is 15.7. The van der Waals surface area contributed by atoms with E-state index in [9.17, 15) is 0 Å². The van der Waals surface area contributed by atoms with Crippen LogP contribution in [0, 0.1) is 11.8 Å². The van der Waals surface area contributed by atoms with Gasteiger partial charge in [0.05, 0.1) is 19.8 Å². The van der Waals surface area contributed by atoms with Gasteiger partial charge in [0.2, 0.25) is 0 Å². The van der Waals surface area contributed by atoms with Crippen LogP contribution in [0.25, 0.3) is 0 Å². The molecule has 2 aliphatic rings. The predicted molar refractivity (Wildman–Crippen MR) is 96.5 cm³/mol. The van der Waals surface area contributed by atoms with E-state index < -0.39 is 0 Å². The molecule has 2 fully saturated rings. The molecule has 2 rings (SSSR count). The second-order valence-corrected chi connectivity index (χ2v) is 5.87. The maximum Gasteiger partial charge on any atom is 0.193 e. The van der Waals surface area contributed by atoms with E-state index in [1.54, 1.807) is 7.11 Å². The van der Waals surface area contributed by atoms with E-state index in [1.807, 2.05) is 7.05 Å². The first-order valence-corrected chi connectivity index (χ1v) is 7.85. The van der Waals surface area contributed by atoms with E-state index in [0.29, 0.717) is 19.1 Å². The van der Waals surface area contributed by atoms with Crippen molar-refractivity contribution in [2.45, 2.75) is 25.7 Å². The molecule has 1 aliphatic heterocycles. The number of hydrogen-bond acceptors (Lipinski definition) is 3. The highest BCUT2D eigenvalue weighted by atomic mass is 127. The average Bonchev–Trinajstić information content (AvgIpc) is 3.17. The van der Waals surface area contributed by atoms with Crippen molar-refractivity contribution in [1.29, 1.82) is 0 Å². The normalized spacial score (nSPS) is 22.3. The topological polar surface area (TPSA) is 46.1 Å². The van der Waals surface area contributed by atoms with Crippen LogP contribution in [0.1, 0.15) is 25.7 Å². The minimum atomic E-state index is 0. The third-order valence-electron chi connectivity index (χ3n) is 4.12. The molecule has 1 heterocycles. The summed E-state index contributed by atoms with van der Waals surface area (Å²) < 4.78 is 10.6. The molecule has 0 aromatic heterocycles. The van der Waals surface area contributed by atoms with Gasteiger partial charge in [-0.1, -0.05) is 12.8 Å². The van der Waals surface area contributed by atoms with Gasteiger partial charge in [-0.2, -0.15) is 0 Å². The fraction of sp³-hybridized carbons (Fsp3) is 0.933. The van der Waals surface area contributed by atoms with Crippen LogP contribution in [0.4, 0.5) is 0 Å². The van der Waals surface area contributed by atoms with Gasteiger partial charge >= 0.3 is 0 Å². The Kier molecular flexibility index (Phi) is 9.59. The highest BCUT2D eigenvalue weighted by Gasteiger charge is 2.25. The lowest BCUT2D eigenvalue weighted by molar-refractivity contribution is 0.0536. The number of hydrogen-bond donors (Lipinski definition) is 1. The molecule has 0 amide bonds. The third-order valence-corrected chi connectivity index (χ3v) is 4.12. The summed E-state index contributed by atoms with van der Waals surface area (Å²) in [7, 11) is 3.58. The molecule has 0 bridgehead atoms. The Balaban J connectivity index is 0.00000220. The first kappa shape index (κ1) is 19.0. The molecule has 1 N–H and O–H groups in total. The molecule has 1 atom stereocenters. The minimum absolute atomic E-state index is 0. The molecular weight excluding hydrogens is 381 g/mol. The number of methoxy groups -OCH3 is 1. The van der Waals surface area contributed by atoms with Gasteiger partial charge in [-0.15, -0.1) is 24.0 Å². The number of aliphatic imine (C=N–C) groups is 1. The summed E-state index contributed by atoms with van der Waals surface area (Å²) in [6, 6.07) is 0. The lowest BCUT2D eigenvalue weighted by atomic mass is 10.1. The van der Waals surface area contributed by atoms with Gasteiger partial charge in [0, 0.05) is 39.7 Å². The molecule has 124 valence electrons. The molecule has 0 radical (unpaired) electrons. The molecule has 6 heteroatoms. The molecule has 1 saturated heterocycles. The largest absolute Gasteiger partial charge is 0.382 e. The summed E-state index contributed by atoms with van der Waals surface area (Å²) in [5.41, 5.74) is 0. The number of likely N-dealkylation sites (tertiary alicyclic amines) is 1. The maximum atomic E-state index is 5.63. The number of nitrogens with zero attached hydrogens (tertiary/aromatic N) is 2. The van der Waals surface area contributed by atoms with E-state index >= 15 is 0 Å². The molecule has 0 aromatic carbocycles. The van der Waals surface area contributed by atoms with Crippen LogP contribution in [0.3, 0.4) is 0 Å². The summed E-state index contributed by atoms with van der Waals surface area (Å²) in [5.74, 6) is 2.65. The van der Waals surface area contributed by atoms with Gasteiger partial charge in [-0.05, 0) is 18.8 Å². The van der Waals surface area contributed by atoms with E-state index in [4.69, 9.17) is 9.47 Å². The Bertz CT molecular complexity index is 311. The number of ether oxygens (including phenoxy) is 2. The standard InChI is InChI=1S/C15H29N3O2.HI/c1-16-15(17-7-5-13-3-4-13)18-8-6-14(11-18)12-20-10-9-19-2;/h13-14H,3-12H2,1-2H3,(H,16,17);1H. The van der Waals surface area contributed by atoms with E-state index in [1.165, 1.54) is 25.7 Å². The SMILES string of the molecule is CN=C(NCCC1CC1)N1CCC(COCCOC)C1.I. The molecule has 0 aromatic rings. The quantitative estimate of drug-likeness (QED) is 0.287. The highest BCUT2D eigenvalue weighted by molar-refractivity contribution is 14.0. The Morgan fingerprint density at radius 3 is 2.71 bits per heavy atom. The van der Waals surface area contributed by atoms with Crippen LogP contribution < -0.4 is 5.32 Å². The fourth-order valence-corrected chi connectivity index (χ4v) is 2.68. The van der Waals surface area contributed by atoms with E-state index in [-0.39, 0.29) is 24.0 Å². The van der Waals surface area contributed by atoms with Crippen molar-refractivity contribution in [3.63, 3.8) is 0 Å². The van der Waals surface area contributed by atoms with Gasteiger partial charge in [0.25, 0.3) is 0 Å². The average molecular weight is 411 g/mol. The van der Waals surface area contributed by atoms with Gasteiger partial charge in [0.1, 0.15) is 0 Å². The molecule has 1 aliphatic carbocycles. The van der Waals surface area contributed by atoms with Crippen LogP contribution in [0.2, 0.25) is 0 Å². The second-order valence-electron chi connectivity index (χ2n) is 5.87. The molecular formula is C15H30IN3O2. The van der Waals surface area contributed by atoms with E-state index in [0.717, 1.165) is 38.1 Å². The van der Waals surface area contributed by atoms with Crippen LogP contribution in [0.15, 0.2) is 4.99 Å². The first-order valence-electron chi connectivity index (χ1n) is 7.85. The van der Waals surface area contributed by atoms with Crippen LogP contribution >= 0.6 is 24.0 Å². The summed E-state index contributed by atoms with van der Waals surface area (Å²) >= 11 is 0. The van der Waals surface area contributed by atoms with Crippen molar-refractivity contribution in [1.82, 2.24) is 10.2 Å². The van der Waals surface area contributed by atoms with Crippen molar-refractivity contribution in [3.8, 4) is 0 Å². The first-order chi connectivity index (χ1) is 9.83. The number of halogens is 1. The summed E-state index contributed by atoms with van der Waals surface area (Å²) in [6.45, 7) is 5.40. The second kappa shape index (κ2) is 10.6.